The zero-order valence-corrected chi connectivity index (χ0v) is 19.0. The molecule has 2 unspecified atom stereocenters. The highest BCUT2D eigenvalue weighted by atomic mass is 16.5. The summed E-state index contributed by atoms with van der Waals surface area (Å²) in [7, 11) is 0. The van der Waals surface area contributed by atoms with Gasteiger partial charge in [0.2, 0.25) is 0 Å². The van der Waals surface area contributed by atoms with Crippen LogP contribution in [0, 0.1) is 0 Å². The third kappa shape index (κ3) is 3.88. The van der Waals surface area contributed by atoms with Crippen LogP contribution in [0.3, 0.4) is 0 Å². The van der Waals surface area contributed by atoms with E-state index < -0.39 is 0 Å². The van der Waals surface area contributed by atoms with Gasteiger partial charge in [-0.1, -0.05) is 6.07 Å². The number of ether oxygens (including phenoxy) is 1. The zero-order chi connectivity index (χ0) is 23.0. The molecule has 5 heterocycles. The van der Waals surface area contributed by atoms with Crippen LogP contribution in [0.4, 0.5) is 10.6 Å². The van der Waals surface area contributed by atoms with Crippen molar-refractivity contribution in [3.05, 3.63) is 54.1 Å². The number of carbonyl (C=O) groups excluding carboxylic acids is 1. The maximum absolute atomic E-state index is 12.3. The van der Waals surface area contributed by atoms with Crippen molar-refractivity contribution in [3.63, 3.8) is 0 Å². The Hall–Kier alpha value is -3.62. The number of nitrogen functional groups attached to an aromatic ring is 1. The Morgan fingerprint density at radius 2 is 2.15 bits per heavy atom. The molecule has 0 bridgehead atoms. The number of nitrogens with one attached hydrogen (secondary N) is 1. The van der Waals surface area contributed by atoms with Crippen molar-refractivity contribution in [2.75, 3.05) is 25.4 Å². The molecule has 5 rings (SSSR count). The Bertz CT molecular complexity index is 1160. The minimum atomic E-state index is -0.216. The fourth-order valence-corrected chi connectivity index (χ4v) is 4.89. The molecule has 3 aromatic heterocycles. The normalized spacial score (nSPS) is 20.1. The number of aromatic nitrogens is 4. The Balaban J connectivity index is 1.38. The summed E-state index contributed by atoms with van der Waals surface area (Å²) in [4.78, 5) is 22.8. The molecule has 3 N–H and O–H groups in total. The Morgan fingerprint density at radius 1 is 1.30 bits per heavy atom. The van der Waals surface area contributed by atoms with Gasteiger partial charge in [0.25, 0.3) is 0 Å². The number of hydrogen-bond donors (Lipinski definition) is 2. The summed E-state index contributed by atoms with van der Waals surface area (Å²) >= 11 is 0. The number of nitrogens with two attached hydrogens (primary N) is 1. The molecule has 2 aliphatic rings. The van der Waals surface area contributed by atoms with Gasteiger partial charge in [0.05, 0.1) is 5.69 Å². The monoisotopic (exact) mass is 447 g/mol. The third-order valence-corrected chi connectivity index (χ3v) is 6.73. The first-order chi connectivity index (χ1) is 16.0. The summed E-state index contributed by atoms with van der Waals surface area (Å²) in [6.07, 6.45) is 6.99. The van der Waals surface area contributed by atoms with Crippen molar-refractivity contribution in [2.24, 2.45) is 0 Å². The Morgan fingerprint density at radius 3 is 2.94 bits per heavy atom. The van der Waals surface area contributed by atoms with E-state index in [4.69, 9.17) is 15.6 Å². The number of fused-ring (bicyclic) bond motifs is 2. The summed E-state index contributed by atoms with van der Waals surface area (Å²) < 4.78 is 8.19. The molecule has 1 saturated heterocycles. The average Bonchev–Trinajstić information content (AvgIpc) is 3.53. The summed E-state index contributed by atoms with van der Waals surface area (Å²) in [5.41, 5.74) is 9.92. The molecule has 9 nitrogen and oxygen atoms in total. The molecule has 0 aliphatic carbocycles. The molecular weight excluding hydrogens is 418 g/mol. The van der Waals surface area contributed by atoms with Gasteiger partial charge in [0, 0.05) is 67.0 Å². The second-order valence-electron chi connectivity index (χ2n) is 8.83. The van der Waals surface area contributed by atoms with Gasteiger partial charge < -0.3 is 20.7 Å². The molecule has 33 heavy (non-hydrogen) atoms. The molecule has 9 heteroatoms. The van der Waals surface area contributed by atoms with Crippen LogP contribution in [-0.4, -0.2) is 50.3 Å². The van der Waals surface area contributed by atoms with Crippen LogP contribution >= 0.6 is 0 Å². The van der Waals surface area contributed by atoms with Gasteiger partial charge >= 0.3 is 6.03 Å². The van der Waals surface area contributed by atoms with Gasteiger partial charge in [-0.25, -0.2) is 9.78 Å². The molecule has 2 amide bonds. The maximum atomic E-state index is 12.3. The molecule has 172 valence electrons. The Labute approximate surface area is 193 Å². The van der Waals surface area contributed by atoms with E-state index in [-0.39, 0.29) is 17.6 Å². The van der Waals surface area contributed by atoms with Gasteiger partial charge in [-0.15, -0.1) is 0 Å². The van der Waals surface area contributed by atoms with Gasteiger partial charge in [-0.3, -0.25) is 9.67 Å². The van der Waals surface area contributed by atoms with Gasteiger partial charge in [-0.2, -0.15) is 5.10 Å². The fraction of sp³-hybridized carbons (Fsp3) is 0.417. The largest absolute Gasteiger partial charge is 0.482 e. The highest BCUT2D eigenvalue weighted by Gasteiger charge is 2.46. The number of nitrogens with zero attached hydrogens (tertiary/aromatic N) is 5. The van der Waals surface area contributed by atoms with E-state index >= 15 is 0 Å². The second-order valence-corrected chi connectivity index (χ2v) is 8.83. The fourth-order valence-electron chi connectivity index (χ4n) is 4.89. The lowest BCUT2D eigenvalue weighted by Gasteiger charge is -2.23. The molecule has 1 fully saturated rings. The van der Waals surface area contributed by atoms with Crippen molar-refractivity contribution in [3.8, 4) is 17.0 Å². The average molecular weight is 448 g/mol. The minimum absolute atomic E-state index is 0.0137. The number of anilines is 1. The molecule has 0 radical (unpaired) electrons. The van der Waals surface area contributed by atoms with Crippen LogP contribution in [0.1, 0.15) is 44.1 Å². The van der Waals surface area contributed by atoms with Crippen LogP contribution in [0.25, 0.3) is 11.3 Å². The lowest BCUT2D eigenvalue weighted by atomic mass is 9.82. The van der Waals surface area contributed by atoms with Crippen molar-refractivity contribution in [2.45, 2.75) is 44.8 Å². The van der Waals surface area contributed by atoms with Crippen LogP contribution in [0.2, 0.25) is 0 Å². The number of amides is 2. The van der Waals surface area contributed by atoms with Crippen molar-refractivity contribution >= 4 is 11.8 Å². The number of carbonyl (C=O) groups is 1. The highest BCUT2D eigenvalue weighted by molar-refractivity contribution is 5.75. The summed E-state index contributed by atoms with van der Waals surface area (Å²) in [5, 5.41) is 7.76. The maximum Gasteiger partial charge on any atom is 0.317 e. The summed E-state index contributed by atoms with van der Waals surface area (Å²) in [5.74, 6) is 0.862. The van der Waals surface area contributed by atoms with Gasteiger partial charge in [-0.05, 0) is 44.9 Å². The van der Waals surface area contributed by atoms with E-state index in [1.165, 1.54) is 5.69 Å². The molecule has 0 saturated carbocycles. The molecule has 0 aromatic carbocycles. The first-order valence-corrected chi connectivity index (χ1v) is 11.4. The molecule has 2 aliphatic heterocycles. The van der Waals surface area contributed by atoms with Crippen LogP contribution < -0.4 is 15.8 Å². The van der Waals surface area contributed by atoms with Gasteiger partial charge in [0.15, 0.2) is 11.6 Å². The van der Waals surface area contributed by atoms with E-state index in [2.05, 4.69) is 26.0 Å². The number of pyridine rings is 2. The summed E-state index contributed by atoms with van der Waals surface area (Å²) in [6, 6.07) is 7.90. The van der Waals surface area contributed by atoms with Crippen LogP contribution in [-0.2, 0) is 12.0 Å². The lowest BCUT2D eigenvalue weighted by Crippen LogP contribution is -2.40. The number of rotatable bonds is 5. The number of aryl methyl sites for hydroxylation is 1. The van der Waals surface area contributed by atoms with Crippen molar-refractivity contribution in [1.29, 1.82) is 0 Å². The standard InChI is InChI=1S/C24H29N7O2/c1-3-27-23(32)30-9-6-24(15-30)7-10-31-21(24)12-19(29-31)18-11-20(22(25)28-14-18)33-16(2)17-5-4-8-26-13-17/h4-5,8,11-14,16H,3,6-7,9-10,15H2,1-2H3,(H2,25,28)(H,27,32). The van der Waals surface area contributed by atoms with E-state index in [0.29, 0.717) is 18.1 Å². The predicted octanol–water partition coefficient (Wildman–Crippen LogP) is 3.14. The van der Waals surface area contributed by atoms with E-state index in [1.807, 2.05) is 36.9 Å². The molecule has 1 spiro atoms. The van der Waals surface area contributed by atoms with E-state index in [0.717, 1.165) is 49.3 Å². The predicted molar refractivity (Wildman–Crippen MR) is 125 cm³/mol. The Kier molecular flexibility index (Phi) is 5.39. The van der Waals surface area contributed by atoms with Crippen LogP contribution in [0.15, 0.2) is 42.9 Å². The highest BCUT2D eigenvalue weighted by Crippen LogP contribution is 2.44. The molecule has 2 atom stereocenters. The number of urea groups is 1. The quantitative estimate of drug-likeness (QED) is 0.622. The minimum Gasteiger partial charge on any atom is -0.482 e. The zero-order valence-electron chi connectivity index (χ0n) is 19.0. The first-order valence-electron chi connectivity index (χ1n) is 11.4. The van der Waals surface area contributed by atoms with E-state index in [9.17, 15) is 4.79 Å². The third-order valence-electron chi connectivity index (χ3n) is 6.73. The van der Waals surface area contributed by atoms with E-state index in [1.54, 1.807) is 18.6 Å². The van der Waals surface area contributed by atoms with Crippen molar-refractivity contribution < 1.29 is 9.53 Å². The lowest BCUT2D eigenvalue weighted by molar-refractivity contribution is 0.206. The molecule has 3 aromatic rings. The van der Waals surface area contributed by atoms with Crippen molar-refractivity contribution in [1.82, 2.24) is 30.0 Å². The van der Waals surface area contributed by atoms with Gasteiger partial charge in [0.1, 0.15) is 6.10 Å². The number of likely N-dealkylation sites (tertiary alicyclic amines) is 1. The smallest absolute Gasteiger partial charge is 0.317 e. The number of hydrogen-bond acceptors (Lipinski definition) is 6. The first kappa shape index (κ1) is 21.2. The second kappa shape index (κ2) is 8.38. The molecular formula is C24H29N7O2. The topological polar surface area (TPSA) is 111 Å². The summed E-state index contributed by atoms with van der Waals surface area (Å²) in [6.45, 7) is 6.87. The van der Waals surface area contributed by atoms with Crippen LogP contribution in [0.5, 0.6) is 5.75 Å². The SMILES string of the molecule is CCNC(=O)N1CCC2(CCn3nc(-c4cnc(N)c(OC(C)c5cccnc5)c4)cc32)C1.